The molecule has 0 aromatic heterocycles. The highest BCUT2D eigenvalue weighted by Crippen LogP contribution is 2.42. The van der Waals surface area contributed by atoms with E-state index in [2.05, 4.69) is 54.1 Å². The summed E-state index contributed by atoms with van der Waals surface area (Å²) in [5.41, 5.74) is 1.33. The quantitative estimate of drug-likeness (QED) is 0.700. The van der Waals surface area contributed by atoms with Crippen LogP contribution < -0.4 is 0 Å². The van der Waals surface area contributed by atoms with Crippen molar-refractivity contribution < 1.29 is 9.53 Å². The zero-order chi connectivity index (χ0) is 12.5. The Balaban J connectivity index is 2.10. The highest BCUT2D eigenvalue weighted by Gasteiger charge is 2.41. The van der Waals surface area contributed by atoms with Crippen LogP contribution in [-0.4, -0.2) is 30.6 Å². The molecule has 3 nitrogen and oxygen atoms in total. The SMILES string of the molecule is COC(=O)CCC1=CN(C)C2(C)C=CC=CC12. The maximum Gasteiger partial charge on any atom is 0.305 e. The minimum atomic E-state index is -0.141. The number of nitrogens with zero attached hydrogens (tertiary/aromatic N) is 1. The van der Waals surface area contributed by atoms with Crippen molar-refractivity contribution in [2.24, 2.45) is 5.92 Å². The van der Waals surface area contributed by atoms with Crippen molar-refractivity contribution in [3.05, 3.63) is 36.1 Å². The topological polar surface area (TPSA) is 29.5 Å². The van der Waals surface area contributed by atoms with Gasteiger partial charge in [0.15, 0.2) is 0 Å². The summed E-state index contributed by atoms with van der Waals surface area (Å²) in [6.45, 7) is 2.22. The standard InChI is InChI=1S/C14H19NO2/c1-14-9-5-4-6-12(14)11(10-15(14)2)7-8-13(16)17-3/h4-6,9-10,12H,7-8H2,1-3H3. The van der Waals surface area contributed by atoms with Gasteiger partial charge in [0.05, 0.1) is 12.6 Å². The zero-order valence-corrected chi connectivity index (χ0v) is 10.6. The Hall–Kier alpha value is -1.51. The number of carbonyl (C=O) groups excluding carboxylic acids is 1. The van der Waals surface area contributed by atoms with Crippen LogP contribution in [0.5, 0.6) is 0 Å². The monoisotopic (exact) mass is 233 g/mol. The molecule has 0 amide bonds. The van der Waals surface area contributed by atoms with Gasteiger partial charge in [-0.15, -0.1) is 0 Å². The van der Waals surface area contributed by atoms with Crippen LogP contribution in [0.25, 0.3) is 0 Å². The van der Waals surface area contributed by atoms with Gasteiger partial charge < -0.3 is 9.64 Å². The van der Waals surface area contributed by atoms with Gasteiger partial charge in [-0.1, -0.05) is 24.3 Å². The summed E-state index contributed by atoms with van der Waals surface area (Å²) < 4.78 is 4.69. The molecule has 0 bridgehead atoms. The van der Waals surface area contributed by atoms with Crippen molar-refractivity contribution in [2.45, 2.75) is 25.3 Å². The van der Waals surface area contributed by atoms with E-state index < -0.39 is 0 Å². The molecule has 0 saturated carbocycles. The molecule has 0 saturated heterocycles. The molecule has 0 N–H and O–H groups in total. The minimum absolute atomic E-state index is 0.0280. The third-order valence-corrected chi connectivity index (χ3v) is 3.84. The highest BCUT2D eigenvalue weighted by atomic mass is 16.5. The first-order valence-electron chi connectivity index (χ1n) is 5.94. The molecule has 0 radical (unpaired) electrons. The average Bonchev–Trinajstić information content (AvgIpc) is 2.59. The fraction of sp³-hybridized carbons (Fsp3) is 0.500. The lowest BCUT2D eigenvalue weighted by Gasteiger charge is -2.36. The zero-order valence-electron chi connectivity index (χ0n) is 10.6. The molecule has 0 aromatic rings. The molecule has 17 heavy (non-hydrogen) atoms. The number of ether oxygens (including phenoxy) is 1. The smallest absolute Gasteiger partial charge is 0.305 e. The van der Waals surface area contributed by atoms with E-state index >= 15 is 0 Å². The lowest BCUT2D eigenvalue weighted by Crippen LogP contribution is -2.41. The van der Waals surface area contributed by atoms with Gasteiger partial charge in [-0.05, 0) is 25.1 Å². The van der Waals surface area contributed by atoms with Gasteiger partial charge in [0.2, 0.25) is 0 Å². The molecule has 1 heterocycles. The Bertz CT molecular complexity index is 408. The molecule has 92 valence electrons. The van der Waals surface area contributed by atoms with E-state index in [0.717, 1.165) is 6.42 Å². The van der Waals surface area contributed by atoms with Crippen LogP contribution in [0.1, 0.15) is 19.8 Å². The van der Waals surface area contributed by atoms with E-state index in [1.54, 1.807) is 0 Å². The molecule has 3 heteroatoms. The third-order valence-electron chi connectivity index (χ3n) is 3.84. The second-order valence-electron chi connectivity index (χ2n) is 4.84. The van der Waals surface area contributed by atoms with E-state index in [1.807, 2.05) is 0 Å². The van der Waals surface area contributed by atoms with E-state index in [0.29, 0.717) is 12.3 Å². The summed E-state index contributed by atoms with van der Waals surface area (Å²) in [5.74, 6) is 0.236. The van der Waals surface area contributed by atoms with Crippen molar-refractivity contribution in [3.63, 3.8) is 0 Å². The van der Waals surface area contributed by atoms with Crippen molar-refractivity contribution in [1.29, 1.82) is 0 Å². The van der Waals surface area contributed by atoms with Gasteiger partial charge in [-0.2, -0.15) is 0 Å². The Kier molecular flexibility index (Phi) is 3.09. The Morgan fingerprint density at radius 3 is 3.00 bits per heavy atom. The van der Waals surface area contributed by atoms with E-state index in [9.17, 15) is 4.79 Å². The molecule has 2 rings (SSSR count). The second-order valence-corrected chi connectivity index (χ2v) is 4.84. The number of hydrogen-bond acceptors (Lipinski definition) is 3. The number of esters is 1. The molecule has 0 fully saturated rings. The number of methoxy groups -OCH3 is 1. The average molecular weight is 233 g/mol. The summed E-state index contributed by atoms with van der Waals surface area (Å²) >= 11 is 0. The predicted molar refractivity (Wildman–Crippen MR) is 67.3 cm³/mol. The second kappa shape index (κ2) is 4.40. The van der Waals surface area contributed by atoms with Crippen LogP contribution in [-0.2, 0) is 9.53 Å². The molecule has 2 aliphatic rings. The molecular formula is C14H19NO2. The van der Waals surface area contributed by atoms with Crippen LogP contribution in [0.2, 0.25) is 0 Å². The number of allylic oxidation sites excluding steroid dienone is 2. The normalized spacial score (nSPS) is 30.2. The molecule has 1 aliphatic carbocycles. The summed E-state index contributed by atoms with van der Waals surface area (Å²) in [6, 6.07) is 0. The van der Waals surface area contributed by atoms with Crippen LogP contribution >= 0.6 is 0 Å². The van der Waals surface area contributed by atoms with Gasteiger partial charge >= 0.3 is 5.97 Å². The van der Waals surface area contributed by atoms with Gasteiger partial charge in [0.25, 0.3) is 0 Å². The Morgan fingerprint density at radius 1 is 1.53 bits per heavy atom. The fourth-order valence-corrected chi connectivity index (χ4v) is 2.60. The van der Waals surface area contributed by atoms with Gasteiger partial charge in [0, 0.05) is 19.4 Å². The molecule has 1 aliphatic heterocycles. The van der Waals surface area contributed by atoms with Crippen LogP contribution in [0.15, 0.2) is 36.1 Å². The van der Waals surface area contributed by atoms with Crippen molar-refractivity contribution in [3.8, 4) is 0 Å². The number of likely N-dealkylation sites (N-methyl/N-ethyl adjacent to an activating group) is 1. The summed E-state index contributed by atoms with van der Waals surface area (Å²) in [4.78, 5) is 13.4. The number of hydrogen-bond donors (Lipinski definition) is 0. The van der Waals surface area contributed by atoms with Gasteiger partial charge in [-0.3, -0.25) is 4.79 Å². The van der Waals surface area contributed by atoms with Crippen molar-refractivity contribution in [2.75, 3.05) is 14.2 Å². The Labute approximate surface area is 102 Å². The molecule has 2 unspecified atom stereocenters. The number of rotatable bonds is 3. The van der Waals surface area contributed by atoms with Crippen LogP contribution in [0.4, 0.5) is 0 Å². The minimum Gasteiger partial charge on any atom is -0.469 e. The third kappa shape index (κ3) is 2.02. The fourth-order valence-electron chi connectivity index (χ4n) is 2.60. The first-order chi connectivity index (χ1) is 8.08. The summed E-state index contributed by atoms with van der Waals surface area (Å²) in [6.07, 6.45) is 12.0. The molecule has 0 aromatic carbocycles. The molecule has 2 atom stereocenters. The largest absolute Gasteiger partial charge is 0.469 e. The number of carbonyl (C=O) groups is 1. The van der Waals surface area contributed by atoms with E-state index in [1.165, 1.54) is 12.7 Å². The lowest BCUT2D eigenvalue weighted by atomic mass is 9.79. The molecular weight excluding hydrogens is 214 g/mol. The first kappa shape index (κ1) is 12.0. The maximum atomic E-state index is 11.2. The number of fused-ring (bicyclic) bond motifs is 1. The lowest BCUT2D eigenvalue weighted by molar-refractivity contribution is -0.140. The molecule has 0 spiro atoms. The summed E-state index contributed by atoms with van der Waals surface area (Å²) in [5, 5.41) is 0. The maximum absolute atomic E-state index is 11.2. The first-order valence-corrected chi connectivity index (χ1v) is 5.94. The van der Waals surface area contributed by atoms with Crippen LogP contribution in [0.3, 0.4) is 0 Å². The predicted octanol–water partition coefficient (Wildman–Crippen LogP) is 2.27. The van der Waals surface area contributed by atoms with Crippen molar-refractivity contribution in [1.82, 2.24) is 4.90 Å². The van der Waals surface area contributed by atoms with Gasteiger partial charge in [-0.25, -0.2) is 0 Å². The van der Waals surface area contributed by atoms with Gasteiger partial charge in [0.1, 0.15) is 0 Å². The van der Waals surface area contributed by atoms with Crippen LogP contribution in [0, 0.1) is 5.92 Å². The highest BCUT2D eigenvalue weighted by molar-refractivity contribution is 5.69. The van der Waals surface area contributed by atoms with E-state index in [4.69, 9.17) is 0 Å². The summed E-state index contributed by atoms with van der Waals surface area (Å²) in [7, 11) is 3.52. The van der Waals surface area contributed by atoms with E-state index in [-0.39, 0.29) is 11.5 Å². The Morgan fingerprint density at radius 2 is 2.29 bits per heavy atom. The van der Waals surface area contributed by atoms with Crippen molar-refractivity contribution >= 4 is 5.97 Å².